The molecule has 27 heavy (non-hydrogen) atoms. The summed E-state index contributed by atoms with van der Waals surface area (Å²) in [7, 11) is 5.55. The lowest BCUT2D eigenvalue weighted by atomic mass is 10.2. The van der Waals surface area contributed by atoms with Gasteiger partial charge in [0.15, 0.2) is 5.96 Å². The topological polar surface area (TPSA) is 54.7 Å². The molecule has 0 fully saturated rings. The molecule has 1 heterocycles. The van der Waals surface area contributed by atoms with E-state index < -0.39 is 0 Å². The summed E-state index contributed by atoms with van der Waals surface area (Å²) < 4.78 is 8.27. The Morgan fingerprint density at radius 3 is 2.67 bits per heavy atom. The van der Waals surface area contributed by atoms with Crippen molar-refractivity contribution in [2.75, 3.05) is 27.8 Å². The highest BCUT2D eigenvalue weighted by Gasteiger charge is 2.14. The second kappa shape index (κ2) is 11.7. The average molecular weight is 550 g/mol. The first-order chi connectivity index (χ1) is 12.5. The number of aromatic nitrogens is 2. The second-order valence-corrected chi connectivity index (χ2v) is 7.07. The van der Waals surface area contributed by atoms with Gasteiger partial charge in [0.25, 0.3) is 0 Å². The minimum Gasteiger partial charge on any atom is -0.383 e. The highest BCUT2D eigenvalue weighted by Crippen LogP contribution is 2.17. The van der Waals surface area contributed by atoms with Crippen molar-refractivity contribution in [3.63, 3.8) is 0 Å². The molecule has 1 N–H and O–H groups in total. The standard InChI is InChI=1S/C19H28BrN5O.HI/c1-14-17(15(2)25(23-14)10-11-26-5)12-22-19(21-3)24(4)13-16-8-6-7-9-18(16)20;/h6-9H,10-13H2,1-5H3,(H,21,22);1H. The Hall–Kier alpha value is -1.13. The molecule has 6 nitrogen and oxygen atoms in total. The molecule has 0 amide bonds. The first-order valence-electron chi connectivity index (χ1n) is 8.65. The first kappa shape index (κ1) is 23.9. The van der Waals surface area contributed by atoms with Crippen LogP contribution in [0.1, 0.15) is 22.5 Å². The second-order valence-electron chi connectivity index (χ2n) is 6.21. The van der Waals surface area contributed by atoms with Crippen LogP contribution in [0, 0.1) is 13.8 Å². The van der Waals surface area contributed by atoms with Crippen molar-refractivity contribution in [2.45, 2.75) is 33.5 Å². The van der Waals surface area contributed by atoms with Crippen LogP contribution in [0.5, 0.6) is 0 Å². The van der Waals surface area contributed by atoms with Crippen LogP contribution in [-0.2, 0) is 24.4 Å². The van der Waals surface area contributed by atoms with Crippen LogP contribution < -0.4 is 5.32 Å². The number of aliphatic imine (C=N–C) groups is 1. The van der Waals surface area contributed by atoms with Gasteiger partial charge in [-0.2, -0.15) is 5.10 Å². The van der Waals surface area contributed by atoms with Crippen molar-refractivity contribution < 1.29 is 4.74 Å². The van der Waals surface area contributed by atoms with Crippen molar-refractivity contribution in [2.24, 2.45) is 4.99 Å². The molecule has 0 bridgehead atoms. The van der Waals surface area contributed by atoms with Crippen LogP contribution in [0.4, 0.5) is 0 Å². The molecule has 0 atom stereocenters. The average Bonchev–Trinajstić information content (AvgIpc) is 2.89. The summed E-state index contributed by atoms with van der Waals surface area (Å²) >= 11 is 3.61. The van der Waals surface area contributed by atoms with E-state index in [1.165, 1.54) is 11.1 Å². The van der Waals surface area contributed by atoms with E-state index in [-0.39, 0.29) is 24.0 Å². The SMILES string of the molecule is CN=C(NCc1c(C)nn(CCOC)c1C)N(C)Cc1ccccc1Br.I. The van der Waals surface area contributed by atoms with Gasteiger partial charge in [0.1, 0.15) is 0 Å². The maximum Gasteiger partial charge on any atom is 0.193 e. The van der Waals surface area contributed by atoms with E-state index >= 15 is 0 Å². The number of guanidine groups is 1. The van der Waals surface area contributed by atoms with Gasteiger partial charge in [0, 0.05) is 50.0 Å². The first-order valence-corrected chi connectivity index (χ1v) is 9.44. The summed E-state index contributed by atoms with van der Waals surface area (Å²) in [6.07, 6.45) is 0. The third-order valence-corrected chi connectivity index (χ3v) is 5.17. The van der Waals surface area contributed by atoms with E-state index in [2.05, 4.69) is 55.3 Å². The molecule has 0 spiro atoms. The number of hydrogen-bond acceptors (Lipinski definition) is 3. The lowest BCUT2D eigenvalue weighted by molar-refractivity contribution is 0.182. The van der Waals surface area contributed by atoms with Gasteiger partial charge in [0.2, 0.25) is 0 Å². The predicted molar refractivity (Wildman–Crippen MR) is 125 cm³/mol. The Labute approximate surface area is 187 Å². The molecule has 0 aliphatic carbocycles. The molecule has 0 aliphatic rings. The Morgan fingerprint density at radius 2 is 2.04 bits per heavy atom. The predicted octanol–water partition coefficient (Wildman–Crippen LogP) is 3.73. The van der Waals surface area contributed by atoms with Crippen molar-refractivity contribution in [1.82, 2.24) is 20.0 Å². The molecule has 8 heteroatoms. The maximum atomic E-state index is 5.16. The minimum atomic E-state index is 0. The van der Waals surface area contributed by atoms with Crippen molar-refractivity contribution in [3.05, 3.63) is 51.3 Å². The van der Waals surface area contributed by atoms with Gasteiger partial charge in [-0.3, -0.25) is 9.67 Å². The van der Waals surface area contributed by atoms with Crippen molar-refractivity contribution >= 4 is 45.9 Å². The Balaban J connectivity index is 0.00000364. The fourth-order valence-electron chi connectivity index (χ4n) is 2.89. The fourth-order valence-corrected chi connectivity index (χ4v) is 3.30. The lowest BCUT2D eigenvalue weighted by Gasteiger charge is -2.23. The molecular formula is C19H29BrIN5O. The quantitative estimate of drug-likeness (QED) is 0.325. The van der Waals surface area contributed by atoms with E-state index in [0.29, 0.717) is 13.2 Å². The minimum absolute atomic E-state index is 0. The summed E-state index contributed by atoms with van der Waals surface area (Å²) in [4.78, 5) is 6.52. The van der Waals surface area contributed by atoms with Crippen LogP contribution in [0.25, 0.3) is 0 Å². The summed E-state index contributed by atoms with van der Waals surface area (Å²) in [5.74, 6) is 0.851. The van der Waals surface area contributed by atoms with Crippen LogP contribution in [-0.4, -0.2) is 48.5 Å². The Bertz CT molecular complexity index is 763. The van der Waals surface area contributed by atoms with Crippen LogP contribution in [0.15, 0.2) is 33.7 Å². The number of halogens is 2. The third-order valence-electron chi connectivity index (χ3n) is 4.40. The van der Waals surface area contributed by atoms with E-state index in [1.807, 2.05) is 30.8 Å². The van der Waals surface area contributed by atoms with E-state index in [4.69, 9.17) is 4.74 Å². The smallest absolute Gasteiger partial charge is 0.193 e. The molecule has 1 aromatic heterocycles. The van der Waals surface area contributed by atoms with Crippen molar-refractivity contribution in [1.29, 1.82) is 0 Å². The van der Waals surface area contributed by atoms with Gasteiger partial charge in [-0.25, -0.2) is 0 Å². The van der Waals surface area contributed by atoms with Gasteiger partial charge in [-0.15, -0.1) is 24.0 Å². The third kappa shape index (κ3) is 6.46. The summed E-state index contributed by atoms with van der Waals surface area (Å²) in [5.41, 5.74) is 4.63. The van der Waals surface area contributed by atoms with Gasteiger partial charge in [0.05, 0.1) is 18.8 Å². The zero-order valence-electron chi connectivity index (χ0n) is 16.6. The van der Waals surface area contributed by atoms with E-state index in [0.717, 1.165) is 34.9 Å². The number of hydrogen-bond donors (Lipinski definition) is 1. The Morgan fingerprint density at radius 1 is 1.33 bits per heavy atom. The molecule has 0 radical (unpaired) electrons. The van der Waals surface area contributed by atoms with Gasteiger partial charge in [-0.1, -0.05) is 34.1 Å². The number of nitrogens with zero attached hydrogens (tertiary/aromatic N) is 4. The zero-order chi connectivity index (χ0) is 19.1. The molecule has 2 aromatic rings. The molecule has 1 aromatic carbocycles. The Kier molecular flexibility index (Phi) is 10.3. The van der Waals surface area contributed by atoms with Crippen LogP contribution in [0.2, 0.25) is 0 Å². The van der Waals surface area contributed by atoms with Crippen LogP contribution >= 0.6 is 39.9 Å². The maximum absolute atomic E-state index is 5.16. The molecule has 0 unspecified atom stereocenters. The summed E-state index contributed by atoms with van der Waals surface area (Å²) in [5, 5.41) is 8.06. The molecule has 0 saturated carbocycles. The normalized spacial score (nSPS) is 11.3. The molecule has 0 saturated heterocycles. The molecular weight excluding hydrogens is 521 g/mol. The summed E-state index contributed by atoms with van der Waals surface area (Å²) in [6, 6.07) is 8.24. The summed E-state index contributed by atoms with van der Waals surface area (Å²) in [6.45, 7) is 7.02. The van der Waals surface area contributed by atoms with Gasteiger partial charge < -0.3 is 15.0 Å². The number of nitrogens with one attached hydrogen (secondary N) is 1. The number of ether oxygens (including phenoxy) is 1. The number of benzene rings is 1. The monoisotopic (exact) mass is 549 g/mol. The molecule has 150 valence electrons. The van der Waals surface area contributed by atoms with E-state index in [1.54, 1.807) is 14.2 Å². The van der Waals surface area contributed by atoms with E-state index in [9.17, 15) is 0 Å². The zero-order valence-corrected chi connectivity index (χ0v) is 20.5. The number of methoxy groups -OCH3 is 1. The van der Waals surface area contributed by atoms with Crippen molar-refractivity contribution in [3.8, 4) is 0 Å². The van der Waals surface area contributed by atoms with Gasteiger partial charge in [-0.05, 0) is 25.5 Å². The number of aryl methyl sites for hydroxylation is 1. The molecule has 0 aliphatic heterocycles. The van der Waals surface area contributed by atoms with Gasteiger partial charge >= 0.3 is 0 Å². The molecule has 2 rings (SSSR count). The van der Waals surface area contributed by atoms with Crippen LogP contribution in [0.3, 0.4) is 0 Å². The highest BCUT2D eigenvalue weighted by atomic mass is 127. The number of rotatable bonds is 7. The fraction of sp³-hybridized carbons (Fsp3) is 0.474. The lowest BCUT2D eigenvalue weighted by Crippen LogP contribution is -2.38. The largest absolute Gasteiger partial charge is 0.383 e. The highest BCUT2D eigenvalue weighted by molar-refractivity contribution is 14.0.